The van der Waals surface area contributed by atoms with Gasteiger partial charge in [0, 0.05) is 0 Å². The van der Waals surface area contributed by atoms with Gasteiger partial charge in [-0.25, -0.2) is 0 Å². The molecule has 0 fully saturated rings. The van der Waals surface area contributed by atoms with Crippen LogP contribution in [0.2, 0.25) is 0 Å². The number of nitro benzene ring substituents is 3. The molecule has 0 saturated carbocycles. The van der Waals surface area contributed by atoms with E-state index in [2.05, 4.69) is 0 Å². The number of rotatable bonds is 3. The Bertz CT molecular complexity index is 471. The zero-order valence-corrected chi connectivity index (χ0v) is 11.5. The van der Waals surface area contributed by atoms with Gasteiger partial charge < -0.3 is 5.11 Å². The summed E-state index contributed by atoms with van der Waals surface area (Å²) in [5, 5.41) is 42.1. The summed E-state index contributed by atoms with van der Waals surface area (Å²) in [5.41, 5.74) is -3.26. The molecule has 0 aromatic heterocycles. The third-order valence-electron chi connectivity index (χ3n) is 1.64. The maximum absolute atomic E-state index is 11.1. The fourth-order valence-corrected chi connectivity index (χ4v) is 0.961. The Labute approximate surface area is 184 Å². The van der Waals surface area contributed by atoms with Crippen LogP contribution in [-0.4, -0.2) is 66.2 Å². The van der Waals surface area contributed by atoms with E-state index in [0.29, 0.717) is 12.1 Å². The van der Waals surface area contributed by atoms with Crippen molar-refractivity contribution in [1.29, 1.82) is 0 Å². The van der Waals surface area contributed by atoms with Crippen molar-refractivity contribution in [2.24, 2.45) is 0 Å². The van der Waals surface area contributed by atoms with Crippen LogP contribution < -0.4 is 56.5 Å². The first-order valence-corrected chi connectivity index (χ1v) is 3.63. The van der Waals surface area contributed by atoms with Gasteiger partial charge in [-0.15, -0.1) is 0 Å². The molecule has 0 radical (unpaired) electrons. The van der Waals surface area contributed by atoms with E-state index >= 15 is 0 Å². The van der Waals surface area contributed by atoms with Crippen LogP contribution in [0.25, 0.3) is 0 Å². The van der Waals surface area contributed by atoms with Gasteiger partial charge >= 0.3 is 103 Å². The average molecular weight is 307 g/mol. The van der Waals surface area contributed by atoms with Crippen LogP contribution in [0.1, 0.15) is 0 Å². The molecule has 0 aliphatic carbocycles. The minimum atomic E-state index is -1.46. The first-order chi connectivity index (χ1) is 7.34. The quantitative estimate of drug-likeness (QED) is 0.324. The number of hydrogen-bond acceptors (Lipinski definition) is 7. The van der Waals surface area contributed by atoms with Crippen LogP contribution in [0, 0.1) is 30.3 Å². The third kappa shape index (κ3) is 4.88. The molecule has 1 rings (SSSR count). The van der Waals surface area contributed by atoms with Gasteiger partial charge in [0.25, 0.3) is 17.1 Å². The fraction of sp³-hybridized carbons (Fsp3) is 0. The van der Waals surface area contributed by atoms with Gasteiger partial charge in [0.2, 0.25) is 0 Å². The van der Waals surface area contributed by atoms with Crippen molar-refractivity contribution >= 4 is 68.4 Å². The molecule has 0 aliphatic heterocycles. The molecule has 18 heavy (non-hydrogen) atoms. The molecule has 0 amide bonds. The van der Waals surface area contributed by atoms with Crippen molar-refractivity contribution in [3.63, 3.8) is 0 Å². The van der Waals surface area contributed by atoms with Crippen molar-refractivity contribution in [2.75, 3.05) is 0 Å². The monoisotopic (exact) mass is 307 g/mol. The predicted molar refractivity (Wildman–Crippen MR) is 53.0 cm³/mol. The van der Waals surface area contributed by atoms with Crippen LogP contribution >= 0.6 is 0 Å². The van der Waals surface area contributed by atoms with Crippen molar-refractivity contribution < 1.29 is 71.3 Å². The van der Waals surface area contributed by atoms with Gasteiger partial charge in [-0.3, -0.25) is 30.3 Å². The van der Waals surface area contributed by atoms with Gasteiger partial charge in [0.1, 0.15) is 0 Å². The molecule has 0 unspecified atom stereocenters. The fourth-order valence-electron chi connectivity index (χ4n) is 0.961. The summed E-state index contributed by atoms with van der Waals surface area (Å²) in [6, 6.07) is 0.769. The first-order valence-electron chi connectivity index (χ1n) is 3.63. The Balaban J connectivity index is 0. The number of hydrogen-bond donors (Lipinski definition) is 0. The first kappa shape index (κ1) is 20.8. The van der Waals surface area contributed by atoms with E-state index in [1.165, 1.54) is 0 Å². The van der Waals surface area contributed by atoms with Crippen molar-refractivity contribution in [3.8, 4) is 5.75 Å². The van der Waals surface area contributed by atoms with Crippen molar-refractivity contribution in [2.45, 2.75) is 0 Å². The van der Waals surface area contributed by atoms with Crippen LogP contribution in [0.3, 0.4) is 0 Å². The Morgan fingerprint density at radius 3 is 1.39 bits per heavy atom. The van der Waals surface area contributed by atoms with E-state index in [0.717, 1.165) is 0 Å². The van der Waals surface area contributed by atoms with Gasteiger partial charge in [-0.05, 0) is 0 Å². The Hall–Kier alpha value is 0.493. The number of non-ortho nitro benzene ring substituents is 1. The SMILES string of the molecule is O=[N+]([O-])c1cc([N+](=O)[O-])c([O-])c([N+](=O)[O-])c1.[K+].[KH]. The second-order valence-electron chi connectivity index (χ2n) is 2.58. The summed E-state index contributed by atoms with van der Waals surface area (Å²) in [5.74, 6) is -1.46. The molecule has 0 saturated heterocycles. The Morgan fingerprint density at radius 1 is 0.833 bits per heavy atom. The van der Waals surface area contributed by atoms with Crippen LogP contribution in [0.5, 0.6) is 5.75 Å². The van der Waals surface area contributed by atoms with E-state index in [-0.39, 0.29) is 103 Å². The third-order valence-corrected chi connectivity index (χ3v) is 1.64. The minimum absolute atomic E-state index is 0. The maximum atomic E-state index is 11.1. The number of nitrogens with zero attached hydrogens (tertiary/aromatic N) is 3. The Kier molecular flexibility index (Phi) is 9.96. The predicted octanol–water partition coefficient (Wildman–Crippen LogP) is -3.16. The molecule has 0 atom stereocenters. The van der Waals surface area contributed by atoms with Crippen LogP contribution in [0.4, 0.5) is 17.1 Å². The van der Waals surface area contributed by atoms with Crippen LogP contribution in [-0.2, 0) is 0 Å². The van der Waals surface area contributed by atoms with Gasteiger partial charge in [-0.1, -0.05) is 0 Å². The van der Waals surface area contributed by atoms with Gasteiger partial charge in [0.15, 0.2) is 0 Å². The molecule has 1 aromatic rings. The molecule has 0 heterocycles. The summed E-state index contributed by atoms with van der Waals surface area (Å²) in [6.45, 7) is 0. The van der Waals surface area contributed by atoms with Crippen molar-refractivity contribution in [3.05, 3.63) is 42.5 Å². The molecule has 1 aromatic carbocycles. The normalized spacial score (nSPS) is 8.67. The van der Waals surface area contributed by atoms with E-state index < -0.39 is 37.6 Å². The van der Waals surface area contributed by atoms with Gasteiger partial charge in [0.05, 0.1) is 32.7 Å². The summed E-state index contributed by atoms with van der Waals surface area (Å²) >= 11 is 0. The molecular weight excluding hydrogens is 304 g/mol. The van der Waals surface area contributed by atoms with Crippen LogP contribution in [0.15, 0.2) is 12.1 Å². The molecular formula is C6H3K2N3O7. The second kappa shape index (κ2) is 8.62. The van der Waals surface area contributed by atoms with E-state index in [4.69, 9.17) is 0 Å². The number of benzene rings is 1. The van der Waals surface area contributed by atoms with E-state index in [9.17, 15) is 35.4 Å². The molecule has 0 spiro atoms. The van der Waals surface area contributed by atoms with Gasteiger partial charge in [-0.2, -0.15) is 0 Å². The summed E-state index contributed by atoms with van der Waals surface area (Å²) in [4.78, 5) is 27.5. The summed E-state index contributed by atoms with van der Waals surface area (Å²) < 4.78 is 0. The summed E-state index contributed by atoms with van der Waals surface area (Å²) in [7, 11) is 0. The summed E-state index contributed by atoms with van der Waals surface area (Å²) in [6.07, 6.45) is 0. The molecule has 0 bridgehead atoms. The molecule has 10 nitrogen and oxygen atoms in total. The molecule has 0 aliphatic rings. The molecule has 12 heteroatoms. The van der Waals surface area contributed by atoms with Crippen molar-refractivity contribution in [1.82, 2.24) is 0 Å². The zero-order valence-electron chi connectivity index (χ0n) is 8.35. The van der Waals surface area contributed by atoms with E-state index in [1.807, 2.05) is 0 Å². The van der Waals surface area contributed by atoms with E-state index in [1.54, 1.807) is 0 Å². The topological polar surface area (TPSA) is 152 Å². The average Bonchev–Trinajstić information content (AvgIpc) is 2.16. The zero-order chi connectivity index (χ0) is 12.5. The molecule has 0 N–H and O–H groups in total. The Morgan fingerprint density at radius 2 is 1.17 bits per heavy atom. The second-order valence-corrected chi connectivity index (χ2v) is 2.58. The number of nitro groups is 3. The standard InChI is InChI=1S/C6H3N3O7.2K.H/c10-6-4(8(13)14)1-3(7(11)12)2-5(6)9(15)16;;;/h1-2,10H;;;/q;;+1;/p-1. The molecule has 86 valence electrons.